The van der Waals surface area contributed by atoms with Gasteiger partial charge >= 0.3 is 6.03 Å². The molecule has 3 aromatic rings. The predicted molar refractivity (Wildman–Crippen MR) is 108 cm³/mol. The molecule has 4 rings (SSSR count). The highest BCUT2D eigenvalue weighted by Gasteiger charge is 2.23. The van der Waals surface area contributed by atoms with Gasteiger partial charge in [-0.15, -0.1) is 10.2 Å². The highest BCUT2D eigenvalue weighted by atomic mass is 32.1. The van der Waals surface area contributed by atoms with Crippen LogP contribution in [0.4, 0.5) is 10.7 Å². The molecule has 144 valence electrons. The first-order valence-electron chi connectivity index (χ1n) is 9.22. The number of hydrogen-bond donors (Lipinski definition) is 2. The summed E-state index contributed by atoms with van der Waals surface area (Å²) in [5.74, 6) is 0.705. The molecule has 1 aliphatic heterocycles. The molecule has 2 amide bonds. The fourth-order valence-electron chi connectivity index (χ4n) is 3.15. The molecule has 0 aliphatic carbocycles. The number of amides is 2. The smallest absolute Gasteiger partial charge is 0.315 e. The van der Waals surface area contributed by atoms with Crippen molar-refractivity contribution in [3.63, 3.8) is 0 Å². The molecule has 1 aromatic carbocycles. The Morgan fingerprint density at radius 1 is 1.14 bits per heavy atom. The van der Waals surface area contributed by atoms with Gasteiger partial charge in [-0.25, -0.2) is 14.8 Å². The van der Waals surface area contributed by atoms with Crippen LogP contribution in [0.5, 0.6) is 0 Å². The summed E-state index contributed by atoms with van der Waals surface area (Å²) in [5.41, 5.74) is 1.03. The summed E-state index contributed by atoms with van der Waals surface area (Å²) in [5, 5.41) is 15.9. The van der Waals surface area contributed by atoms with Crippen molar-refractivity contribution in [3.8, 4) is 10.6 Å². The van der Waals surface area contributed by atoms with Crippen molar-refractivity contribution in [1.82, 2.24) is 30.8 Å². The van der Waals surface area contributed by atoms with Crippen LogP contribution in [0.1, 0.15) is 17.8 Å². The number of anilines is 1. The Morgan fingerprint density at radius 2 is 1.96 bits per heavy atom. The van der Waals surface area contributed by atoms with E-state index in [1.54, 1.807) is 18.5 Å². The fraction of sp³-hybridized carbons (Fsp3) is 0.316. The molecule has 1 saturated heterocycles. The van der Waals surface area contributed by atoms with Crippen molar-refractivity contribution in [1.29, 1.82) is 0 Å². The maximum absolute atomic E-state index is 12.3. The topological polar surface area (TPSA) is 95.9 Å². The summed E-state index contributed by atoms with van der Waals surface area (Å²) in [6.45, 7) is 1.96. The maximum Gasteiger partial charge on any atom is 0.315 e. The van der Waals surface area contributed by atoms with Crippen molar-refractivity contribution >= 4 is 23.3 Å². The first-order chi connectivity index (χ1) is 13.8. The van der Waals surface area contributed by atoms with Crippen molar-refractivity contribution in [3.05, 3.63) is 53.8 Å². The molecule has 1 fully saturated rings. The van der Waals surface area contributed by atoms with Crippen LogP contribution in [0.15, 0.2) is 48.8 Å². The summed E-state index contributed by atoms with van der Waals surface area (Å²) >= 11 is 1.48. The first-order valence-corrected chi connectivity index (χ1v) is 10.0. The average molecular weight is 395 g/mol. The minimum Gasteiger partial charge on any atom is -0.339 e. The van der Waals surface area contributed by atoms with Crippen molar-refractivity contribution in [2.24, 2.45) is 0 Å². The SMILES string of the molecule is O=C(NCc1nnc(-c2ccccc2)s1)NC1CCCN(c2ncccn2)C1. The van der Waals surface area contributed by atoms with Crippen LogP contribution in [0, 0.1) is 0 Å². The summed E-state index contributed by atoms with van der Waals surface area (Å²) in [4.78, 5) is 23.0. The second-order valence-corrected chi connectivity index (χ2v) is 7.59. The Labute approximate surface area is 167 Å². The van der Waals surface area contributed by atoms with E-state index < -0.39 is 0 Å². The average Bonchev–Trinajstić information content (AvgIpc) is 3.23. The molecule has 1 unspecified atom stereocenters. The number of aromatic nitrogens is 4. The van der Waals surface area contributed by atoms with Gasteiger partial charge < -0.3 is 15.5 Å². The molecule has 2 N–H and O–H groups in total. The molecule has 28 heavy (non-hydrogen) atoms. The Hall–Kier alpha value is -3.07. The van der Waals surface area contributed by atoms with Crippen LogP contribution < -0.4 is 15.5 Å². The third-order valence-corrected chi connectivity index (χ3v) is 5.45. The van der Waals surface area contributed by atoms with E-state index in [2.05, 4.69) is 35.7 Å². The van der Waals surface area contributed by atoms with E-state index in [-0.39, 0.29) is 12.1 Å². The van der Waals surface area contributed by atoms with Crippen molar-refractivity contribution in [2.45, 2.75) is 25.4 Å². The lowest BCUT2D eigenvalue weighted by Gasteiger charge is -2.33. The molecular weight excluding hydrogens is 374 g/mol. The number of urea groups is 1. The molecule has 3 heterocycles. The number of nitrogens with zero attached hydrogens (tertiary/aromatic N) is 5. The van der Waals surface area contributed by atoms with E-state index in [1.807, 2.05) is 30.3 Å². The van der Waals surface area contributed by atoms with Crippen LogP contribution in [0.3, 0.4) is 0 Å². The van der Waals surface area contributed by atoms with Crippen LogP contribution in [-0.2, 0) is 6.54 Å². The van der Waals surface area contributed by atoms with Crippen LogP contribution in [0.25, 0.3) is 10.6 Å². The van der Waals surface area contributed by atoms with E-state index in [9.17, 15) is 4.79 Å². The second-order valence-electron chi connectivity index (χ2n) is 6.53. The highest BCUT2D eigenvalue weighted by molar-refractivity contribution is 7.14. The molecule has 2 aromatic heterocycles. The van der Waals surface area contributed by atoms with E-state index in [1.165, 1.54) is 11.3 Å². The van der Waals surface area contributed by atoms with Crippen molar-refractivity contribution < 1.29 is 4.79 Å². The van der Waals surface area contributed by atoms with Gasteiger partial charge in [0.2, 0.25) is 5.95 Å². The molecule has 0 radical (unpaired) electrons. The van der Waals surface area contributed by atoms with E-state index in [0.29, 0.717) is 19.0 Å². The summed E-state index contributed by atoms with van der Waals surface area (Å²) in [6.07, 6.45) is 5.39. The van der Waals surface area contributed by atoms with Gasteiger partial charge in [0.15, 0.2) is 0 Å². The number of carbonyl (C=O) groups is 1. The zero-order chi connectivity index (χ0) is 19.2. The zero-order valence-corrected chi connectivity index (χ0v) is 16.1. The van der Waals surface area contributed by atoms with Gasteiger partial charge in [-0.1, -0.05) is 41.7 Å². The van der Waals surface area contributed by atoms with Gasteiger partial charge in [-0.3, -0.25) is 0 Å². The number of carbonyl (C=O) groups excluding carboxylic acids is 1. The Balaban J connectivity index is 1.27. The Morgan fingerprint density at radius 3 is 2.79 bits per heavy atom. The number of rotatable bonds is 5. The normalized spacial score (nSPS) is 16.6. The van der Waals surface area contributed by atoms with Gasteiger partial charge in [0, 0.05) is 37.1 Å². The van der Waals surface area contributed by atoms with Crippen LogP contribution in [0.2, 0.25) is 0 Å². The molecule has 1 aliphatic rings. The fourth-order valence-corrected chi connectivity index (χ4v) is 3.93. The quantitative estimate of drug-likeness (QED) is 0.689. The Kier molecular flexibility index (Phi) is 5.72. The van der Waals surface area contributed by atoms with Crippen LogP contribution in [-0.4, -0.2) is 45.3 Å². The molecular formula is C19H21N7OS. The monoisotopic (exact) mass is 395 g/mol. The standard InChI is InChI=1S/C19H21N7OS/c27-19(22-12-16-24-25-17(28-16)14-6-2-1-3-7-14)23-15-8-4-11-26(13-15)18-20-9-5-10-21-18/h1-3,5-7,9-10,15H,4,8,11-13H2,(H2,22,23,27). The lowest BCUT2D eigenvalue weighted by molar-refractivity contribution is 0.234. The van der Waals surface area contributed by atoms with Gasteiger partial charge in [0.1, 0.15) is 10.0 Å². The molecule has 0 spiro atoms. The van der Waals surface area contributed by atoms with Crippen molar-refractivity contribution in [2.75, 3.05) is 18.0 Å². The minimum absolute atomic E-state index is 0.0619. The summed E-state index contributed by atoms with van der Waals surface area (Å²) < 4.78 is 0. The van der Waals surface area contributed by atoms with Crippen LogP contribution >= 0.6 is 11.3 Å². The molecule has 8 nitrogen and oxygen atoms in total. The summed E-state index contributed by atoms with van der Waals surface area (Å²) in [7, 11) is 0. The molecule has 0 saturated carbocycles. The van der Waals surface area contributed by atoms with Gasteiger partial charge in [0.25, 0.3) is 0 Å². The third-order valence-electron chi connectivity index (χ3n) is 4.48. The predicted octanol–water partition coefficient (Wildman–Crippen LogP) is 2.46. The Bertz CT molecular complexity index is 903. The van der Waals surface area contributed by atoms with Gasteiger partial charge in [-0.05, 0) is 18.9 Å². The number of piperidine rings is 1. The van der Waals surface area contributed by atoms with Gasteiger partial charge in [0.05, 0.1) is 6.54 Å². The highest BCUT2D eigenvalue weighted by Crippen LogP contribution is 2.22. The maximum atomic E-state index is 12.3. The lowest BCUT2D eigenvalue weighted by Crippen LogP contribution is -2.50. The largest absolute Gasteiger partial charge is 0.339 e. The zero-order valence-electron chi connectivity index (χ0n) is 15.3. The summed E-state index contributed by atoms with van der Waals surface area (Å²) in [6, 6.07) is 11.6. The molecule has 1 atom stereocenters. The third kappa shape index (κ3) is 4.61. The first kappa shape index (κ1) is 18.3. The van der Waals surface area contributed by atoms with E-state index >= 15 is 0 Å². The number of nitrogens with one attached hydrogen (secondary N) is 2. The van der Waals surface area contributed by atoms with E-state index in [0.717, 1.165) is 35.0 Å². The second kappa shape index (κ2) is 8.75. The number of hydrogen-bond acceptors (Lipinski definition) is 7. The van der Waals surface area contributed by atoms with Gasteiger partial charge in [-0.2, -0.15) is 0 Å². The molecule has 0 bridgehead atoms. The number of benzene rings is 1. The lowest BCUT2D eigenvalue weighted by atomic mass is 10.1. The minimum atomic E-state index is -0.197. The van der Waals surface area contributed by atoms with E-state index in [4.69, 9.17) is 0 Å². The molecule has 9 heteroatoms.